The van der Waals surface area contributed by atoms with E-state index in [-0.39, 0.29) is 24.5 Å². The van der Waals surface area contributed by atoms with Crippen molar-refractivity contribution in [2.45, 2.75) is 39.0 Å². The number of nitrogens with one attached hydrogen (secondary N) is 1. The zero-order valence-electron chi connectivity index (χ0n) is 18.3. The molecule has 1 N–H and O–H groups in total. The van der Waals surface area contributed by atoms with Gasteiger partial charge in [-0.1, -0.05) is 31.9 Å². The van der Waals surface area contributed by atoms with Crippen LogP contribution in [0.5, 0.6) is 5.75 Å². The van der Waals surface area contributed by atoms with Gasteiger partial charge in [-0.3, -0.25) is 9.59 Å². The average molecular weight is 425 g/mol. The summed E-state index contributed by atoms with van der Waals surface area (Å²) < 4.78 is 11.1. The molecule has 0 spiro atoms. The summed E-state index contributed by atoms with van der Waals surface area (Å²) in [5, 5.41) is 2.96. The quantitative estimate of drug-likeness (QED) is 0.419. The number of hydrogen-bond donors (Lipinski definition) is 1. The van der Waals surface area contributed by atoms with Crippen LogP contribution in [0, 0.1) is 0 Å². The van der Waals surface area contributed by atoms with E-state index in [4.69, 9.17) is 9.47 Å². The van der Waals surface area contributed by atoms with E-state index >= 15 is 0 Å². The van der Waals surface area contributed by atoms with Gasteiger partial charge >= 0.3 is 0 Å². The molecule has 0 saturated carbocycles. The number of nitrogens with zero attached hydrogens (tertiary/aromatic N) is 1. The van der Waals surface area contributed by atoms with E-state index in [9.17, 15) is 9.59 Å². The summed E-state index contributed by atoms with van der Waals surface area (Å²) >= 11 is 0. The number of carbonyl (C=O) groups is 2. The highest BCUT2D eigenvalue weighted by molar-refractivity contribution is 6.01. The fourth-order valence-corrected chi connectivity index (χ4v) is 3.52. The second kappa shape index (κ2) is 12.1. The Kier molecular flexibility index (Phi) is 8.91. The number of unbranched alkanes of at least 4 members (excludes halogenated alkanes) is 2. The third-order valence-corrected chi connectivity index (χ3v) is 5.30. The molecule has 1 aliphatic heterocycles. The van der Waals surface area contributed by atoms with Crippen LogP contribution in [0.4, 0.5) is 11.4 Å². The molecule has 1 saturated heterocycles. The summed E-state index contributed by atoms with van der Waals surface area (Å²) in [6.07, 6.45) is 3.65. The monoisotopic (exact) mass is 424 g/mol. The maximum atomic E-state index is 12.5. The van der Waals surface area contributed by atoms with Gasteiger partial charge in [-0.2, -0.15) is 0 Å². The smallest absolute Gasteiger partial charge is 0.224 e. The van der Waals surface area contributed by atoms with Gasteiger partial charge in [-0.25, -0.2) is 0 Å². The lowest BCUT2D eigenvalue weighted by Crippen LogP contribution is -2.36. The van der Waals surface area contributed by atoms with Crippen molar-refractivity contribution in [3.05, 3.63) is 54.1 Å². The van der Waals surface area contributed by atoms with E-state index in [1.165, 1.54) is 0 Å². The molecular weight excluding hydrogens is 392 g/mol. The van der Waals surface area contributed by atoms with E-state index in [1.807, 2.05) is 36.4 Å². The highest BCUT2D eigenvalue weighted by Crippen LogP contribution is 2.26. The molecule has 31 heavy (non-hydrogen) atoms. The number of anilines is 2. The lowest BCUT2D eigenvalue weighted by Gasteiger charge is -2.30. The minimum Gasteiger partial charge on any atom is -0.494 e. The number of hydrogen-bond acceptors (Lipinski definition) is 5. The van der Waals surface area contributed by atoms with Crippen molar-refractivity contribution in [3.8, 4) is 5.75 Å². The zero-order chi connectivity index (χ0) is 21.9. The fourth-order valence-electron chi connectivity index (χ4n) is 3.52. The van der Waals surface area contributed by atoms with Gasteiger partial charge in [0, 0.05) is 31.5 Å². The molecule has 1 amide bonds. The van der Waals surface area contributed by atoms with Crippen LogP contribution in [-0.4, -0.2) is 44.6 Å². The van der Waals surface area contributed by atoms with E-state index in [2.05, 4.69) is 17.1 Å². The Balaban J connectivity index is 1.48. The van der Waals surface area contributed by atoms with Gasteiger partial charge in [0.25, 0.3) is 0 Å². The number of rotatable bonds is 11. The van der Waals surface area contributed by atoms with E-state index in [1.54, 1.807) is 12.1 Å². The highest BCUT2D eigenvalue weighted by Gasteiger charge is 2.16. The Morgan fingerprint density at radius 1 is 1.00 bits per heavy atom. The molecule has 0 aromatic heterocycles. The zero-order valence-corrected chi connectivity index (χ0v) is 18.3. The van der Waals surface area contributed by atoms with Gasteiger partial charge < -0.3 is 19.7 Å². The van der Waals surface area contributed by atoms with Crippen molar-refractivity contribution >= 4 is 23.1 Å². The minimum atomic E-state index is -0.162. The van der Waals surface area contributed by atoms with Crippen LogP contribution < -0.4 is 15.0 Å². The summed E-state index contributed by atoms with van der Waals surface area (Å²) in [5.41, 5.74) is 2.36. The van der Waals surface area contributed by atoms with Crippen LogP contribution in [0.3, 0.4) is 0 Å². The molecule has 0 aliphatic carbocycles. The Morgan fingerprint density at radius 3 is 2.48 bits per heavy atom. The van der Waals surface area contributed by atoms with Crippen molar-refractivity contribution in [1.82, 2.24) is 0 Å². The lowest BCUT2D eigenvalue weighted by molar-refractivity contribution is -0.116. The van der Waals surface area contributed by atoms with Crippen molar-refractivity contribution in [2.24, 2.45) is 0 Å². The summed E-state index contributed by atoms with van der Waals surface area (Å²) in [6.45, 7) is 5.79. The first kappa shape index (κ1) is 22.8. The summed E-state index contributed by atoms with van der Waals surface area (Å²) in [6, 6.07) is 14.9. The molecule has 2 aromatic rings. The standard InChI is InChI=1S/C25H32N2O4/c1-2-3-6-17-31-21-11-9-20(10-12-21)24(28)13-14-25(29)26-22-7-4-5-8-23(22)27-15-18-30-19-16-27/h4-5,7-12H,2-3,6,13-19H2,1H3,(H,26,29). The fraction of sp³-hybridized carbons (Fsp3) is 0.440. The third kappa shape index (κ3) is 7.10. The normalized spacial score (nSPS) is 13.6. The van der Waals surface area contributed by atoms with Crippen LogP contribution in [0.15, 0.2) is 48.5 Å². The Morgan fingerprint density at radius 2 is 1.74 bits per heavy atom. The summed E-state index contributed by atoms with van der Waals surface area (Å²) in [4.78, 5) is 27.2. The molecule has 0 atom stereocenters. The molecule has 0 bridgehead atoms. The molecule has 1 heterocycles. The molecule has 0 radical (unpaired) electrons. The van der Waals surface area contributed by atoms with Crippen LogP contribution in [0.1, 0.15) is 49.4 Å². The summed E-state index contributed by atoms with van der Waals surface area (Å²) in [5.74, 6) is 0.559. The van der Waals surface area contributed by atoms with Gasteiger partial charge in [-0.05, 0) is 42.8 Å². The second-order valence-electron chi connectivity index (χ2n) is 7.67. The lowest BCUT2D eigenvalue weighted by atomic mass is 10.1. The first-order valence-electron chi connectivity index (χ1n) is 11.1. The molecule has 1 aliphatic rings. The number of ketones is 1. The van der Waals surface area contributed by atoms with Gasteiger partial charge in [0.1, 0.15) is 5.75 Å². The van der Waals surface area contributed by atoms with Gasteiger partial charge in [0.2, 0.25) is 5.91 Å². The highest BCUT2D eigenvalue weighted by atomic mass is 16.5. The predicted molar refractivity (Wildman–Crippen MR) is 123 cm³/mol. The van der Waals surface area contributed by atoms with Gasteiger partial charge in [0.15, 0.2) is 5.78 Å². The topological polar surface area (TPSA) is 67.9 Å². The molecule has 2 aromatic carbocycles. The molecule has 6 nitrogen and oxygen atoms in total. The number of para-hydroxylation sites is 2. The average Bonchev–Trinajstić information content (AvgIpc) is 2.81. The SMILES string of the molecule is CCCCCOc1ccc(C(=O)CCC(=O)Nc2ccccc2N2CCOCC2)cc1. The van der Waals surface area contributed by atoms with Crippen LogP contribution in [0.25, 0.3) is 0 Å². The van der Waals surface area contributed by atoms with E-state index in [0.29, 0.717) is 25.4 Å². The van der Waals surface area contributed by atoms with Crippen LogP contribution in [0.2, 0.25) is 0 Å². The number of benzene rings is 2. The van der Waals surface area contributed by atoms with Crippen LogP contribution in [-0.2, 0) is 9.53 Å². The van der Waals surface area contributed by atoms with Crippen molar-refractivity contribution in [3.63, 3.8) is 0 Å². The Labute approximate surface area is 184 Å². The van der Waals surface area contributed by atoms with Crippen molar-refractivity contribution < 1.29 is 19.1 Å². The van der Waals surface area contributed by atoms with Gasteiger partial charge in [-0.15, -0.1) is 0 Å². The molecule has 0 unspecified atom stereocenters. The molecule has 6 heteroatoms. The number of amides is 1. The Hall–Kier alpha value is -2.86. The third-order valence-electron chi connectivity index (χ3n) is 5.30. The molecular formula is C25H32N2O4. The molecule has 3 rings (SSSR count). The maximum Gasteiger partial charge on any atom is 0.224 e. The number of morpholine rings is 1. The largest absolute Gasteiger partial charge is 0.494 e. The van der Waals surface area contributed by atoms with Crippen molar-refractivity contribution in [2.75, 3.05) is 43.1 Å². The van der Waals surface area contributed by atoms with E-state index < -0.39 is 0 Å². The summed E-state index contributed by atoms with van der Waals surface area (Å²) in [7, 11) is 0. The number of carbonyl (C=O) groups excluding carboxylic acids is 2. The van der Waals surface area contributed by atoms with Crippen molar-refractivity contribution in [1.29, 1.82) is 0 Å². The second-order valence-corrected chi connectivity index (χ2v) is 7.67. The molecule has 166 valence electrons. The number of ether oxygens (including phenoxy) is 2. The van der Waals surface area contributed by atoms with Gasteiger partial charge in [0.05, 0.1) is 31.2 Å². The minimum absolute atomic E-state index is 0.0471. The Bertz CT molecular complexity index is 845. The first-order chi connectivity index (χ1) is 15.2. The number of Topliss-reactive ketones (excluding diaryl/α,β-unsaturated/α-hetero) is 1. The predicted octanol–water partition coefficient (Wildman–Crippen LogP) is 4.69. The molecule has 1 fully saturated rings. The van der Waals surface area contributed by atoms with E-state index in [0.717, 1.165) is 49.5 Å². The maximum absolute atomic E-state index is 12.5. The first-order valence-corrected chi connectivity index (χ1v) is 11.1. The van der Waals surface area contributed by atoms with Crippen LogP contribution >= 0.6 is 0 Å².